The Labute approximate surface area is 208 Å². The van der Waals surface area contributed by atoms with Crippen LogP contribution in [-0.2, 0) is 9.59 Å². The van der Waals surface area contributed by atoms with Gasteiger partial charge in [-0.3, -0.25) is 9.59 Å². The van der Waals surface area contributed by atoms with Crippen LogP contribution in [0.25, 0.3) is 5.76 Å². The predicted octanol–water partition coefficient (Wildman–Crippen LogP) is 4.37. The molecule has 0 aromatic heterocycles. The number of halogens is 1. The summed E-state index contributed by atoms with van der Waals surface area (Å²) in [7, 11) is 0. The molecule has 8 heteroatoms. The fourth-order valence-electron chi connectivity index (χ4n) is 4.45. The van der Waals surface area contributed by atoms with E-state index in [1.807, 2.05) is 24.3 Å². The number of carbonyl (C=O) groups is 2. The maximum Gasteiger partial charge on any atom is 0.295 e. The first-order chi connectivity index (χ1) is 16.4. The first kappa shape index (κ1) is 24.3. The van der Waals surface area contributed by atoms with Gasteiger partial charge in [-0.1, -0.05) is 41.9 Å². The molecule has 2 aliphatic rings. The summed E-state index contributed by atoms with van der Waals surface area (Å²) >= 11 is 3.44. The number of rotatable bonds is 8. The first-order valence-corrected chi connectivity index (χ1v) is 12.4. The molecule has 1 fully saturated rings. The Bertz CT molecular complexity index is 1090. The number of fused-ring (bicyclic) bond motifs is 1. The van der Waals surface area contributed by atoms with Gasteiger partial charge in [0.2, 0.25) is 0 Å². The summed E-state index contributed by atoms with van der Waals surface area (Å²) in [5.74, 6) is -0.391. The Morgan fingerprint density at radius 2 is 1.74 bits per heavy atom. The number of hydrogen-bond donors (Lipinski definition) is 1. The maximum atomic E-state index is 13.2. The molecule has 2 heterocycles. The molecule has 1 atom stereocenters. The molecular formula is C26H29BrN2O5. The molecule has 2 aromatic rings. The van der Waals surface area contributed by atoms with Gasteiger partial charge in [0.05, 0.1) is 11.6 Å². The molecule has 7 nitrogen and oxygen atoms in total. The van der Waals surface area contributed by atoms with Crippen LogP contribution in [0.15, 0.2) is 52.5 Å². The van der Waals surface area contributed by atoms with E-state index in [1.54, 1.807) is 23.1 Å². The second-order valence-corrected chi connectivity index (χ2v) is 9.20. The van der Waals surface area contributed by atoms with Crippen molar-refractivity contribution in [2.45, 2.75) is 26.3 Å². The Balaban J connectivity index is 1.72. The molecule has 1 N–H and O–H groups in total. The van der Waals surface area contributed by atoms with Crippen LogP contribution in [0.3, 0.4) is 0 Å². The second-order valence-electron chi connectivity index (χ2n) is 8.28. The molecule has 2 aliphatic heterocycles. The Morgan fingerprint density at radius 1 is 1.06 bits per heavy atom. The van der Waals surface area contributed by atoms with E-state index in [0.29, 0.717) is 36.8 Å². The van der Waals surface area contributed by atoms with Crippen molar-refractivity contribution in [3.63, 3.8) is 0 Å². The van der Waals surface area contributed by atoms with E-state index < -0.39 is 17.7 Å². The third kappa shape index (κ3) is 4.83. The lowest BCUT2D eigenvalue weighted by Crippen LogP contribution is -2.33. The van der Waals surface area contributed by atoms with E-state index in [1.165, 1.54) is 0 Å². The number of aliphatic hydroxyl groups is 1. The van der Waals surface area contributed by atoms with Crippen molar-refractivity contribution in [1.29, 1.82) is 0 Å². The number of ether oxygens (including phenoxy) is 2. The summed E-state index contributed by atoms with van der Waals surface area (Å²) in [6, 6.07) is 11.8. The van der Waals surface area contributed by atoms with Crippen molar-refractivity contribution in [1.82, 2.24) is 9.80 Å². The van der Waals surface area contributed by atoms with Crippen LogP contribution in [0.1, 0.15) is 37.4 Å². The molecule has 34 heavy (non-hydrogen) atoms. The average molecular weight is 529 g/mol. The van der Waals surface area contributed by atoms with Crippen molar-refractivity contribution in [2.75, 3.05) is 39.4 Å². The Kier molecular flexibility index (Phi) is 7.58. The maximum absolute atomic E-state index is 13.2. The summed E-state index contributed by atoms with van der Waals surface area (Å²) < 4.78 is 12.1. The molecule has 1 amide bonds. The standard InChI is InChI=1S/C26H29BrN2O5/c1-3-28(4-2)12-5-13-29-23(17-6-9-19(27)10-7-17)22(25(31)26(29)32)24(30)18-8-11-20-21(16-18)34-15-14-33-20/h6-11,16,23,30H,3-5,12-15H2,1-2H3/b24-22+/t23-/m0/s1. The van der Waals surface area contributed by atoms with E-state index in [-0.39, 0.29) is 11.3 Å². The Morgan fingerprint density at radius 3 is 2.41 bits per heavy atom. The monoisotopic (exact) mass is 528 g/mol. The minimum atomic E-state index is -0.678. The second kappa shape index (κ2) is 10.6. The van der Waals surface area contributed by atoms with Gasteiger partial charge < -0.3 is 24.4 Å². The van der Waals surface area contributed by atoms with Gasteiger partial charge in [-0.15, -0.1) is 0 Å². The molecule has 2 aromatic carbocycles. The van der Waals surface area contributed by atoms with Gasteiger partial charge in [-0.05, 0) is 62.0 Å². The number of ketones is 1. The smallest absolute Gasteiger partial charge is 0.295 e. The lowest BCUT2D eigenvalue weighted by Gasteiger charge is -2.27. The van der Waals surface area contributed by atoms with Crippen LogP contribution in [0.2, 0.25) is 0 Å². The molecule has 0 bridgehead atoms. The highest BCUT2D eigenvalue weighted by molar-refractivity contribution is 9.10. The van der Waals surface area contributed by atoms with Crippen LogP contribution in [0.4, 0.5) is 0 Å². The van der Waals surface area contributed by atoms with Crippen LogP contribution in [-0.4, -0.2) is 66.0 Å². The SMILES string of the molecule is CCN(CC)CCCN1C(=O)C(=O)/C(=C(/O)c2ccc3c(c2)OCCO3)[C@@H]1c1ccc(Br)cc1. The van der Waals surface area contributed by atoms with Crippen molar-refractivity contribution in [3.8, 4) is 11.5 Å². The van der Waals surface area contributed by atoms with E-state index in [9.17, 15) is 14.7 Å². The molecule has 0 unspecified atom stereocenters. The van der Waals surface area contributed by atoms with E-state index >= 15 is 0 Å². The molecule has 0 spiro atoms. The highest BCUT2D eigenvalue weighted by atomic mass is 79.9. The number of benzene rings is 2. The molecule has 180 valence electrons. The lowest BCUT2D eigenvalue weighted by atomic mass is 9.95. The highest BCUT2D eigenvalue weighted by Gasteiger charge is 2.45. The average Bonchev–Trinajstić information content (AvgIpc) is 3.11. The molecule has 0 aliphatic carbocycles. The number of amides is 1. The Hall–Kier alpha value is -2.84. The van der Waals surface area contributed by atoms with Crippen molar-refractivity contribution < 1.29 is 24.2 Å². The van der Waals surface area contributed by atoms with Crippen molar-refractivity contribution >= 4 is 33.4 Å². The quantitative estimate of drug-likeness (QED) is 0.311. The van der Waals surface area contributed by atoms with Gasteiger partial charge in [0, 0.05) is 16.6 Å². The minimum Gasteiger partial charge on any atom is -0.507 e. The highest BCUT2D eigenvalue weighted by Crippen LogP contribution is 2.41. The van der Waals surface area contributed by atoms with E-state index in [0.717, 1.165) is 36.1 Å². The van der Waals surface area contributed by atoms with Crippen molar-refractivity contribution in [3.05, 3.63) is 63.6 Å². The van der Waals surface area contributed by atoms with Crippen LogP contribution in [0.5, 0.6) is 11.5 Å². The number of carbonyl (C=O) groups excluding carboxylic acids is 2. The number of aliphatic hydroxyl groups excluding tert-OH is 1. The van der Waals surface area contributed by atoms with Gasteiger partial charge in [0.1, 0.15) is 19.0 Å². The normalized spacial score (nSPS) is 19.2. The first-order valence-electron chi connectivity index (χ1n) is 11.6. The number of hydrogen-bond acceptors (Lipinski definition) is 6. The van der Waals surface area contributed by atoms with Gasteiger partial charge in [-0.2, -0.15) is 0 Å². The fraction of sp³-hybridized carbons (Fsp3) is 0.385. The fourth-order valence-corrected chi connectivity index (χ4v) is 4.72. The van der Waals surface area contributed by atoms with Gasteiger partial charge >= 0.3 is 0 Å². The topological polar surface area (TPSA) is 79.3 Å². The van der Waals surface area contributed by atoms with Gasteiger partial charge in [0.15, 0.2) is 11.5 Å². The zero-order valence-electron chi connectivity index (χ0n) is 19.4. The summed E-state index contributed by atoms with van der Waals surface area (Å²) in [5, 5.41) is 11.3. The molecule has 0 saturated carbocycles. The summed E-state index contributed by atoms with van der Waals surface area (Å²) in [6.45, 7) is 8.17. The largest absolute Gasteiger partial charge is 0.507 e. The summed E-state index contributed by atoms with van der Waals surface area (Å²) in [5.41, 5.74) is 1.27. The molecule has 4 rings (SSSR count). The predicted molar refractivity (Wildman–Crippen MR) is 133 cm³/mol. The van der Waals surface area contributed by atoms with Crippen LogP contribution < -0.4 is 9.47 Å². The third-order valence-corrected chi connectivity index (χ3v) is 6.84. The van der Waals surface area contributed by atoms with Crippen LogP contribution in [0, 0.1) is 0 Å². The van der Waals surface area contributed by atoms with E-state index in [2.05, 4.69) is 34.7 Å². The summed E-state index contributed by atoms with van der Waals surface area (Å²) in [4.78, 5) is 30.2. The number of nitrogens with zero attached hydrogens (tertiary/aromatic N) is 2. The molecular weight excluding hydrogens is 500 g/mol. The van der Waals surface area contributed by atoms with Gasteiger partial charge in [-0.25, -0.2) is 0 Å². The zero-order chi connectivity index (χ0) is 24.2. The van der Waals surface area contributed by atoms with Gasteiger partial charge in [0.25, 0.3) is 11.7 Å². The molecule has 1 saturated heterocycles. The van der Waals surface area contributed by atoms with Crippen molar-refractivity contribution in [2.24, 2.45) is 0 Å². The van der Waals surface area contributed by atoms with E-state index in [4.69, 9.17) is 9.47 Å². The lowest BCUT2D eigenvalue weighted by molar-refractivity contribution is -0.140. The zero-order valence-corrected chi connectivity index (χ0v) is 21.0. The van der Waals surface area contributed by atoms with Crippen LogP contribution >= 0.6 is 15.9 Å². The number of Topliss-reactive ketones (excluding diaryl/α,β-unsaturated/α-hetero) is 1. The number of likely N-dealkylation sites (tertiary alicyclic amines) is 1. The summed E-state index contributed by atoms with van der Waals surface area (Å²) in [6.07, 6.45) is 0.728. The molecule has 0 radical (unpaired) electrons. The minimum absolute atomic E-state index is 0.0897. The third-order valence-electron chi connectivity index (χ3n) is 6.31.